The molecule has 1 aliphatic heterocycles. The van der Waals surface area contributed by atoms with Crippen molar-refractivity contribution in [1.29, 1.82) is 0 Å². The minimum absolute atomic E-state index is 0.0146. The van der Waals surface area contributed by atoms with Crippen molar-refractivity contribution in [2.75, 3.05) is 19.5 Å². The number of fused-ring (bicyclic) bond motifs is 1. The molecule has 7 nitrogen and oxygen atoms in total. The number of sulfone groups is 1. The van der Waals surface area contributed by atoms with Crippen molar-refractivity contribution in [3.05, 3.63) is 17.7 Å². The van der Waals surface area contributed by atoms with Gasteiger partial charge in [-0.05, 0) is 6.07 Å². The first-order valence-corrected chi connectivity index (χ1v) is 7.32. The van der Waals surface area contributed by atoms with Gasteiger partial charge in [0.1, 0.15) is 24.2 Å². The molecule has 0 bridgehead atoms. The summed E-state index contributed by atoms with van der Waals surface area (Å²) in [4.78, 5) is 10.7. The van der Waals surface area contributed by atoms with Crippen molar-refractivity contribution in [3.8, 4) is 11.5 Å². The average molecular weight is 287 g/mol. The highest BCUT2D eigenvalue weighted by molar-refractivity contribution is 7.90. The summed E-state index contributed by atoms with van der Waals surface area (Å²) in [5.41, 5.74) is 5.49. The lowest BCUT2D eigenvalue weighted by Gasteiger charge is -2.23. The Kier molecular flexibility index (Phi) is 3.38. The maximum atomic E-state index is 11.9. The summed E-state index contributed by atoms with van der Waals surface area (Å²) in [6.07, 6.45) is 0.971. The molecular formula is C11H13NO6S. The van der Waals surface area contributed by atoms with E-state index in [1.165, 1.54) is 12.1 Å². The Morgan fingerprint density at radius 2 is 2.00 bits per heavy atom. The largest absolute Gasteiger partial charge is 0.486 e. The van der Waals surface area contributed by atoms with Gasteiger partial charge < -0.3 is 20.3 Å². The molecule has 3 N–H and O–H groups in total. The van der Waals surface area contributed by atoms with Gasteiger partial charge in [0.2, 0.25) is 0 Å². The average Bonchev–Trinajstić information content (AvgIpc) is 2.35. The molecular weight excluding hydrogens is 274 g/mol. The van der Waals surface area contributed by atoms with Gasteiger partial charge in [-0.15, -0.1) is 0 Å². The predicted octanol–water partition coefficient (Wildman–Crippen LogP) is -0.0543. The fourth-order valence-electron chi connectivity index (χ4n) is 1.87. The van der Waals surface area contributed by atoms with E-state index in [4.69, 9.17) is 20.3 Å². The van der Waals surface area contributed by atoms with Gasteiger partial charge in [0, 0.05) is 11.8 Å². The van der Waals surface area contributed by atoms with E-state index in [9.17, 15) is 13.2 Å². The molecule has 8 heteroatoms. The topological polar surface area (TPSA) is 116 Å². The number of carboxylic acid groups (broad SMARTS) is 1. The van der Waals surface area contributed by atoms with E-state index in [2.05, 4.69) is 0 Å². The van der Waals surface area contributed by atoms with E-state index in [0.29, 0.717) is 6.61 Å². The first-order valence-electron chi connectivity index (χ1n) is 5.43. The summed E-state index contributed by atoms with van der Waals surface area (Å²) in [6.45, 7) is 0.502. The lowest BCUT2D eigenvalue weighted by atomic mass is 10.1. The second-order valence-electron chi connectivity index (χ2n) is 4.10. The van der Waals surface area contributed by atoms with Crippen LogP contribution in [0.4, 0.5) is 0 Å². The number of rotatable bonds is 3. The zero-order valence-electron chi connectivity index (χ0n) is 10.1. The molecule has 19 heavy (non-hydrogen) atoms. The molecule has 1 aromatic carbocycles. The Morgan fingerprint density at radius 3 is 2.58 bits per heavy atom. The minimum atomic E-state index is -3.70. The van der Waals surface area contributed by atoms with E-state index in [1.54, 1.807) is 0 Å². The number of nitrogens with two attached hydrogens (primary N) is 1. The van der Waals surface area contributed by atoms with E-state index in [-0.39, 0.29) is 28.6 Å². The van der Waals surface area contributed by atoms with Gasteiger partial charge in [0.05, 0.1) is 0 Å². The smallest absolute Gasteiger partial charge is 0.325 e. The van der Waals surface area contributed by atoms with Crippen molar-refractivity contribution >= 4 is 15.8 Å². The monoisotopic (exact) mass is 287 g/mol. The molecule has 1 atom stereocenters. The van der Waals surface area contributed by atoms with Crippen LogP contribution in [-0.4, -0.2) is 39.0 Å². The normalized spacial score (nSPS) is 15.9. The number of ether oxygens (including phenoxy) is 2. The summed E-state index contributed by atoms with van der Waals surface area (Å²) in [6, 6.07) is 1.35. The Hall–Kier alpha value is -1.80. The maximum Gasteiger partial charge on any atom is 0.325 e. The van der Waals surface area contributed by atoms with Gasteiger partial charge in [-0.1, -0.05) is 6.07 Å². The molecule has 0 amide bonds. The number of aliphatic carboxylic acids is 1. The molecule has 0 saturated heterocycles. The van der Waals surface area contributed by atoms with E-state index in [1.807, 2.05) is 0 Å². The number of carboxylic acids is 1. The lowest BCUT2D eigenvalue weighted by Crippen LogP contribution is -2.25. The highest BCUT2D eigenvalue weighted by Crippen LogP contribution is 2.40. The van der Waals surface area contributed by atoms with E-state index < -0.39 is 21.8 Å². The van der Waals surface area contributed by atoms with Crippen LogP contribution in [-0.2, 0) is 14.6 Å². The van der Waals surface area contributed by atoms with Crippen molar-refractivity contribution in [2.45, 2.75) is 10.9 Å². The zero-order chi connectivity index (χ0) is 14.2. The summed E-state index contributed by atoms with van der Waals surface area (Å²) in [7, 11) is -3.70. The summed E-state index contributed by atoms with van der Waals surface area (Å²) in [5.74, 6) is -1.02. The minimum Gasteiger partial charge on any atom is -0.486 e. The van der Waals surface area contributed by atoms with Crippen LogP contribution in [0.2, 0.25) is 0 Å². The number of hydrogen-bond acceptors (Lipinski definition) is 6. The number of carbonyl (C=O) groups is 1. The standard InChI is InChI=1S/C11H13NO6S/c1-19(15,16)10-6(8(12)11(13)14)2-3-7-9(10)18-5-4-17-7/h2-3,8H,4-5,12H2,1H3,(H,13,14). The summed E-state index contributed by atoms with van der Waals surface area (Å²) in [5, 5.41) is 8.94. The third kappa shape index (κ3) is 2.49. The quantitative estimate of drug-likeness (QED) is 0.800. The molecule has 0 spiro atoms. The Labute approximate surface area is 109 Å². The molecule has 104 valence electrons. The van der Waals surface area contributed by atoms with Crippen molar-refractivity contribution in [3.63, 3.8) is 0 Å². The van der Waals surface area contributed by atoms with Crippen molar-refractivity contribution in [1.82, 2.24) is 0 Å². The van der Waals surface area contributed by atoms with Crippen LogP contribution in [0, 0.1) is 0 Å². The van der Waals surface area contributed by atoms with Crippen LogP contribution in [0.15, 0.2) is 17.0 Å². The third-order valence-electron chi connectivity index (χ3n) is 2.67. The predicted molar refractivity (Wildman–Crippen MR) is 65.1 cm³/mol. The first kappa shape index (κ1) is 13.6. The first-order chi connectivity index (χ1) is 8.82. The molecule has 0 aliphatic carbocycles. The summed E-state index contributed by atoms with van der Waals surface area (Å²) >= 11 is 0. The van der Waals surface area contributed by atoms with E-state index in [0.717, 1.165) is 6.26 Å². The van der Waals surface area contributed by atoms with Gasteiger partial charge >= 0.3 is 5.97 Å². The van der Waals surface area contributed by atoms with Gasteiger partial charge in [-0.2, -0.15) is 0 Å². The zero-order valence-corrected chi connectivity index (χ0v) is 10.9. The molecule has 0 aromatic heterocycles. The van der Waals surface area contributed by atoms with Crippen LogP contribution in [0.5, 0.6) is 11.5 Å². The van der Waals surface area contributed by atoms with Crippen LogP contribution in [0.1, 0.15) is 11.6 Å². The molecule has 1 heterocycles. The fraction of sp³-hybridized carbons (Fsp3) is 0.364. The number of hydrogen-bond donors (Lipinski definition) is 2. The second-order valence-corrected chi connectivity index (χ2v) is 6.05. The maximum absolute atomic E-state index is 11.9. The lowest BCUT2D eigenvalue weighted by molar-refractivity contribution is -0.138. The van der Waals surface area contributed by atoms with Crippen LogP contribution in [0.25, 0.3) is 0 Å². The van der Waals surface area contributed by atoms with Gasteiger partial charge in [-0.3, -0.25) is 4.79 Å². The van der Waals surface area contributed by atoms with E-state index >= 15 is 0 Å². The highest BCUT2D eigenvalue weighted by atomic mass is 32.2. The molecule has 1 aliphatic rings. The van der Waals surface area contributed by atoms with Crippen molar-refractivity contribution < 1.29 is 27.8 Å². The van der Waals surface area contributed by atoms with Gasteiger partial charge in [0.15, 0.2) is 21.3 Å². The molecule has 1 aromatic rings. The summed E-state index contributed by atoms with van der Waals surface area (Å²) < 4.78 is 34.3. The molecule has 0 fully saturated rings. The third-order valence-corrected chi connectivity index (χ3v) is 3.83. The Morgan fingerprint density at radius 1 is 1.37 bits per heavy atom. The SMILES string of the molecule is CS(=O)(=O)c1c(C(N)C(=O)O)ccc2c1OCCO2. The molecule has 2 rings (SSSR count). The Bertz CT molecular complexity index is 624. The van der Waals surface area contributed by atoms with Crippen LogP contribution in [0.3, 0.4) is 0 Å². The Balaban J connectivity index is 2.72. The van der Waals surface area contributed by atoms with Gasteiger partial charge in [0.25, 0.3) is 0 Å². The van der Waals surface area contributed by atoms with Gasteiger partial charge in [-0.25, -0.2) is 8.42 Å². The fourth-order valence-corrected chi connectivity index (χ4v) is 2.99. The highest BCUT2D eigenvalue weighted by Gasteiger charge is 2.30. The molecule has 0 saturated carbocycles. The molecule has 0 radical (unpaired) electrons. The number of benzene rings is 1. The van der Waals surface area contributed by atoms with Crippen LogP contribution < -0.4 is 15.2 Å². The van der Waals surface area contributed by atoms with Crippen LogP contribution >= 0.6 is 0 Å². The molecule has 1 unspecified atom stereocenters. The van der Waals surface area contributed by atoms with Crippen molar-refractivity contribution in [2.24, 2.45) is 5.73 Å². The second kappa shape index (κ2) is 4.71.